The molecule has 2 N–H and O–H groups in total. The van der Waals surface area contributed by atoms with E-state index in [1.54, 1.807) is 0 Å². The molecule has 2 aromatic rings. The summed E-state index contributed by atoms with van der Waals surface area (Å²) in [7, 11) is 0. The maximum absolute atomic E-state index is 6.32. The summed E-state index contributed by atoms with van der Waals surface area (Å²) >= 11 is 6.22. The van der Waals surface area contributed by atoms with Gasteiger partial charge in [0.2, 0.25) is 0 Å². The van der Waals surface area contributed by atoms with E-state index in [4.69, 9.17) is 22.1 Å². The molecule has 0 aliphatic carbocycles. The van der Waals surface area contributed by atoms with Gasteiger partial charge in [-0.3, -0.25) is 0 Å². The Labute approximate surface area is 119 Å². The summed E-state index contributed by atoms with van der Waals surface area (Å²) in [5.74, 6) is 0.676. The average Bonchev–Trinajstić information content (AvgIpc) is 2.41. The molecule has 0 fully saturated rings. The van der Waals surface area contributed by atoms with Gasteiger partial charge in [-0.05, 0) is 25.5 Å². The number of hydrogen-bond acceptors (Lipinski definition) is 2. The fourth-order valence-corrected chi connectivity index (χ4v) is 2.20. The lowest BCUT2D eigenvalue weighted by Gasteiger charge is -2.20. The van der Waals surface area contributed by atoms with Crippen molar-refractivity contribution in [3.8, 4) is 5.75 Å². The third kappa shape index (κ3) is 3.28. The van der Waals surface area contributed by atoms with Gasteiger partial charge < -0.3 is 10.5 Å². The highest BCUT2D eigenvalue weighted by molar-refractivity contribution is 6.32. The molecule has 0 radical (unpaired) electrons. The van der Waals surface area contributed by atoms with Crippen molar-refractivity contribution >= 4 is 11.6 Å². The number of halogens is 1. The molecule has 0 aromatic heterocycles. The van der Waals surface area contributed by atoms with Crippen LogP contribution in [-0.2, 0) is 0 Å². The van der Waals surface area contributed by atoms with Gasteiger partial charge in [0.05, 0.1) is 17.2 Å². The lowest BCUT2D eigenvalue weighted by atomic mass is 9.99. The normalized spacial score (nSPS) is 12.5. The molecule has 1 atom stereocenters. The van der Waals surface area contributed by atoms with Crippen molar-refractivity contribution in [1.29, 1.82) is 0 Å². The zero-order valence-electron chi connectivity index (χ0n) is 11.1. The first-order valence-electron chi connectivity index (χ1n) is 6.35. The van der Waals surface area contributed by atoms with Gasteiger partial charge in [-0.25, -0.2) is 0 Å². The summed E-state index contributed by atoms with van der Waals surface area (Å²) in [6.45, 7) is 3.95. The minimum atomic E-state index is -0.242. The van der Waals surface area contributed by atoms with Gasteiger partial charge in [0.1, 0.15) is 5.75 Å². The maximum atomic E-state index is 6.32. The van der Waals surface area contributed by atoms with Crippen LogP contribution in [0.5, 0.6) is 5.75 Å². The highest BCUT2D eigenvalue weighted by Crippen LogP contribution is 2.35. The molecule has 0 saturated carbocycles. The number of ether oxygens (including phenoxy) is 1. The topological polar surface area (TPSA) is 35.2 Å². The number of nitrogens with two attached hydrogens (primary N) is 1. The third-order valence-electron chi connectivity index (χ3n) is 2.84. The summed E-state index contributed by atoms with van der Waals surface area (Å²) in [6, 6.07) is 15.4. The molecule has 0 amide bonds. The Balaban J connectivity index is 2.41. The standard InChI is InChI=1S/C16H18ClNO/c1-11(2)19-16-13(9-6-10-14(16)17)15(18)12-7-4-3-5-8-12/h3-11,15H,18H2,1-2H3. The van der Waals surface area contributed by atoms with E-state index in [0.717, 1.165) is 11.1 Å². The molecule has 0 saturated heterocycles. The van der Waals surface area contributed by atoms with Gasteiger partial charge >= 0.3 is 0 Å². The first-order valence-corrected chi connectivity index (χ1v) is 6.73. The lowest BCUT2D eigenvalue weighted by molar-refractivity contribution is 0.239. The Kier molecular flexibility index (Phi) is 4.46. The maximum Gasteiger partial charge on any atom is 0.143 e. The van der Waals surface area contributed by atoms with Crippen LogP contribution < -0.4 is 10.5 Å². The van der Waals surface area contributed by atoms with Crippen molar-refractivity contribution in [3.05, 3.63) is 64.7 Å². The average molecular weight is 276 g/mol. The molecular weight excluding hydrogens is 258 g/mol. The summed E-state index contributed by atoms with van der Waals surface area (Å²) in [6.07, 6.45) is 0.0571. The minimum Gasteiger partial charge on any atom is -0.489 e. The second-order valence-corrected chi connectivity index (χ2v) is 5.12. The fourth-order valence-electron chi connectivity index (χ4n) is 1.97. The minimum absolute atomic E-state index is 0.0571. The smallest absolute Gasteiger partial charge is 0.143 e. The Hall–Kier alpha value is -1.51. The van der Waals surface area contributed by atoms with Gasteiger partial charge in [-0.15, -0.1) is 0 Å². The second-order valence-electron chi connectivity index (χ2n) is 4.71. The third-order valence-corrected chi connectivity index (χ3v) is 3.14. The molecule has 1 unspecified atom stereocenters. The van der Waals surface area contributed by atoms with Gasteiger partial charge in [-0.2, -0.15) is 0 Å². The van der Waals surface area contributed by atoms with E-state index in [1.165, 1.54) is 0 Å². The molecule has 100 valence electrons. The summed E-state index contributed by atoms with van der Waals surface area (Å²) in [5.41, 5.74) is 8.27. The van der Waals surface area contributed by atoms with Crippen LogP contribution in [0.4, 0.5) is 0 Å². The molecule has 19 heavy (non-hydrogen) atoms. The lowest BCUT2D eigenvalue weighted by Crippen LogP contribution is -2.15. The van der Waals surface area contributed by atoms with Gasteiger partial charge in [-0.1, -0.05) is 54.1 Å². The summed E-state index contributed by atoms with van der Waals surface area (Å²) in [4.78, 5) is 0. The van der Waals surface area contributed by atoms with E-state index in [1.807, 2.05) is 62.4 Å². The van der Waals surface area contributed by atoms with Gasteiger partial charge in [0.25, 0.3) is 0 Å². The Bertz CT molecular complexity index is 540. The van der Waals surface area contributed by atoms with Crippen molar-refractivity contribution < 1.29 is 4.74 Å². The van der Waals surface area contributed by atoms with E-state index >= 15 is 0 Å². The predicted molar refractivity (Wildman–Crippen MR) is 79.7 cm³/mol. The molecule has 0 spiro atoms. The van der Waals surface area contributed by atoms with Crippen LogP contribution in [0, 0.1) is 0 Å². The largest absolute Gasteiger partial charge is 0.489 e. The summed E-state index contributed by atoms with van der Waals surface area (Å²) in [5, 5.41) is 0.595. The van der Waals surface area contributed by atoms with Crippen molar-refractivity contribution in [2.75, 3.05) is 0 Å². The monoisotopic (exact) mass is 275 g/mol. The zero-order chi connectivity index (χ0) is 13.8. The van der Waals surface area contributed by atoms with E-state index in [0.29, 0.717) is 10.8 Å². The molecule has 2 nitrogen and oxygen atoms in total. The molecular formula is C16H18ClNO. The molecule has 3 heteroatoms. The van der Waals surface area contributed by atoms with Crippen LogP contribution in [0.15, 0.2) is 48.5 Å². The number of benzene rings is 2. The fraction of sp³-hybridized carbons (Fsp3) is 0.250. The van der Waals surface area contributed by atoms with Crippen LogP contribution in [0.2, 0.25) is 5.02 Å². The first-order chi connectivity index (χ1) is 9.09. The SMILES string of the molecule is CC(C)Oc1c(Cl)cccc1C(N)c1ccccc1. The van der Waals surface area contributed by atoms with E-state index in [9.17, 15) is 0 Å². The van der Waals surface area contributed by atoms with E-state index in [-0.39, 0.29) is 12.1 Å². The molecule has 2 rings (SSSR count). The Morgan fingerprint density at radius 3 is 2.32 bits per heavy atom. The second kappa shape index (κ2) is 6.09. The first kappa shape index (κ1) is 13.9. The van der Waals surface area contributed by atoms with Crippen LogP contribution >= 0.6 is 11.6 Å². The number of rotatable bonds is 4. The molecule has 0 aliphatic rings. The quantitative estimate of drug-likeness (QED) is 0.909. The van der Waals surface area contributed by atoms with Crippen LogP contribution in [0.3, 0.4) is 0 Å². The zero-order valence-corrected chi connectivity index (χ0v) is 11.9. The highest BCUT2D eigenvalue weighted by atomic mass is 35.5. The van der Waals surface area contributed by atoms with Gasteiger partial charge in [0, 0.05) is 5.56 Å². The number of para-hydroxylation sites is 1. The Morgan fingerprint density at radius 1 is 1.00 bits per heavy atom. The van der Waals surface area contributed by atoms with E-state index in [2.05, 4.69) is 0 Å². The summed E-state index contributed by atoms with van der Waals surface area (Å²) < 4.78 is 5.81. The highest BCUT2D eigenvalue weighted by Gasteiger charge is 2.17. The van der Waals surface area contributed by atoms with Crippen LogP contribution in [0.1, 0.15) is 31.0 Å². The Morgan fingerprint density at radius 2 is 1.68 bits per heavy atom. The van der Waals surface area contributed by atoms with Crippen molar-refractivity contribution in [2.45, 2.75) is 26.0 Å². The molecule has 0 heterocycles. The van der Waals surface area contributed by atoms with Crippen molar-refractivity contribution in [2.24, 2.45) is 5.73 Å². The molecule has 0 aliphatic heterocycles. The van der Waals surface area contributed by atoms with Crippen LogP contribution in [-0.4, -0.2) is 6.10 Å². The number of hydrogen-bond donors (Lipinski definition) is 1. The van der Waals surface area contributed by atoms with Crippen LogP contribution in [0.25, 0.3) is 0 Å². The molecule has 2 aromatic carbocycles. The molecule has 0 bridgehead atoms. The van der Waals surface area contributed by atoms with E-state index < -0.39 is 0 Å². The van der Waals surface area contributed by atoms with Gasteiger partial charge in [0.15, 0.2) is 0 Å². The van der Waals surface area contributed by atoms with Crippen molar-refractivity contribution in [3.63, 3.8) is 0 Å². The van der Waals surface area contributed by atoms with Crippen molar-refractivity contribution in [1.82, 2.24) is 0 Å². The predicted octanol–water partition coefficient (Wildman–Crippen LogP) is 4.18.